The van der Waals surface area contributed by atoms with E-state index in [0.717, 1.165) is 28.2 Å². The molecule has 0 fully saturated rings. The lowest BCUT2D eigenvalue weighted by molar-refractivity contribution is 0.628. The van der Waals surface area contributed by atoms with Crippen LogP contribution in [0.5, 0.6) is 0 Å². The maximum absolute atomic E-state index is 14.2. The van der Waals surface area contributed by atoms with E-state index in [4.69, 9.17) is 0 Å². The molecule has 0 aliphatic heterocycles. The molecule has 270 valence electrons. The molecule has 0 saturated carbocycles. The highest BCUT2D eigenvalue weighted by Crippen LogP contribution is 2.60. The van der Waals surface area contributed by atoms with E-state index in [-0.39, 0.29) is 5.82 Å². The largest absolute Gasteiger partial charge is 0.310 e. The van der Waals surface area contributed by atoms with E-state index in [1.165, 1.54) is 55.6 Å². The molecular formula is C55H38FN. The molecule has 0 amide bonds. The van der Waals surface area contributed by atoms with Gasteiger partial charge in [-0.25, -0.2) is 4.39 Å². The Morgan fingerprint density at radius 1 is 0.333 bits per heavy atom. The smallest absolute Gasteiger partial charge is 0.123 e. The third-order valence-electron chi connectivity index (χ3n) is 11.4. The SMILES string of the molecule is Fc1ccc(-c2ccc3c(c2)C(c2ccccc2)(c2ccccc2)c2cccc(N(c4ccc(-c5ccccc5)cc4)c4ccc(-c5ccccc5)cc4)c2-3)cc1. The van der Waals surface area contributed by atoms with Crippen molar-refractivity contribution in [3.63, 3.8) is 0 Å². The van der Waals surface area contributed by atoms with E-state index in [0.29, 0.717) is 0 Å². The van der Waals surface area contributed by atoms with Gasteiger partial charge in [-0.3, -0.25) is 0 Å². The van der Waals surface area contributed by atoms with Crippen molar-refractivity contribution in [2.75, 3.05) is 4.90 Å². The Kier molecular flexibility index (Phi) is 8.65. The Morgan fingerprint density at radius 2 is 0.754 bits per heavy atom. The van der Waals surface area contributed by atoms with E-state index < -0.39 is 5.41 Å². The fourth-order valence-electron chi connectivity index (χ4n) is 8.82. The summed E-state index contributed by atoms with van der Waals surface area (Å²) in [5.74, 6) is -0.242. The van der Waals surface area contributed by atoms with Crippen LogP contribution in [0.15, 0.2) is 231 Å². The fourth-order valence-corrected chi connectivity index (χ4v) is 8.82. The highest BCUT2D eigenvalue weighted by Gasteiger charge is 2.47. The van der Waals surface area contributed by atoms with Crippen LogP contribution in [-0.4, -0.2) is 0 Å². The monoisotopic (exact) mass is 731 g/mol. The minimum Gasteiger partial charge on any atom is -0.310 e. The maximum atomic E-state index is 14.2. The van der Waals surface area contributed by atoms with Crippen LogP contribution in [-0.2, 0) is 5.41 Å². The van der Waals surface area contributed by atoms with Gasteiger partial charge in [0.25, 0.3) is 0 Å². The second-order valence-electron chi connectivity index (χ2n) is 14.6. The summed E-state index contributed by atoms with van der Waals surface area (Å²) in [5, 5.41) is 0. The minimum atomic E-state index is -0.626. The number of hydrogen-bond donors (Lipinski definition) is 0. The van der Waals surface area contributed by atoms with Gasteiger partial charge in [0.15, 0.2) is 0 Å². The van der Waals surface area contributed by atoms with Crippen LogP contribution in [0.1, 0.15) is 22.3 Å². The van der Waals surface area contributed by atoms with Crippen molar-refractivity contribution < 1.29 is 4.39 Å². The molecule has 1 aliphatic rings. The van der Waals surface area contributed by atoms with Crippen LogP contribution in [0, 0.1) is 5.82 Å². The predicted octanol–water partition coefficient (Wildman–Crippen LogP) is 14.7. The summed E-state index contributed by atoms with van der Waals surface area (Å²) in [6, 6.07) is 81.1. The molecule has 9 aromatic rings. The molecule has 0 unspecified atom stereocenters. The van der Waals surface area contributed by atoms with Gasteiger partial charge in [-0.05, 0) is 110 Å². The number of rotatable bonds is 8. The van der Waals surface area contributed by atoms with Gasteiger partial charge < -0.3 is 4.90 Å². The van der Waals surface area contributed by atoms with Gasteiger partial charge in [0, 0.05) is 16.9 Å². The summed E-state index contributed by atoms with van der Waals surface area (Å²) in [4.78, 5) is 2.41. The van der Waals surface area contributed by atoms with E-state index in [1.54, 1.807) is 12.1 Å². The first-order valence-corrected chi connectivity index (χ1v) is 19.4. The fraction of sp³-hybridized carbons (Fsp3) is 0.0182. The zero-order valence-electron chi connectivity index (χ0n) is 31.3. The summed E-state index contributed by atoms with van der Waals surface area (Å²) in [5.41, 5.74) is 16.5. The second kappa shape index (κ2) is 14.4. The standard InChI is InChI=1S/C55H38FN/c56-47-31-24-43(25-32-47)44-30-37-50-52(38-44)55(45-18-9-3-10-19-45,46-20-11-4-12-21-46)51-22-13-23-53(54(50)51)57(48-33-26-41(27-34-48)39-14-5-1-6-15-39)49-35-28-42(29-36-49)40-16-7-2-8-17-40/h1-38H. The summed E-state index contributed by atoms with van der Waals surface area (Å²) in [7, 11) is 0. The van der Waals surface area contributed by atoms with Crippen molar-refractivity contribution >= 4 is 17.1 Å². The van der Waals surface area contributed by atoms with Crippen molar-refractivity contribution in [3.8, 4) is 44.5 Å². The molecule has 0 aromatic heterocycles. The third kappa shape index (κ3) is 5.94. The molecular weight excluding hydrogens is 694 g/mol. The van der Waals surface area contributed by atoms with Crippen molar-refractivity contribution in [2.24, 2.45) is 0 Å². The van der Waals surface area contributed by atoms with Crippen molar-refractivity contribution in [2.45, 2.75) is 5.41 Å². The van der Waals surface area contributed by atoms with Crippen LogP contribution >= 0.6 is 0 Å². The van der Waals surface area contributed by atoms with Gasteiger partial charge in [-0.15, -0.1) is 0 Å². The van der Waals surface area contributed by atoms with E-state index >= 15 is 0 Å². The molecule has 0 atom stereocenters. The van der Waals surface area contributed by atoms with Gasteiger partial charge in [0.05, 0.1) is 11.1 Å². The summed E-state index contributed by atoms with van der Waals surface area (Å²) in [6.45, 7) is 0. The number of nitrogens with zero attached hydrogens (tertiary/aromatic N) is 1. The van der Waals surface area contributed by atoms with Gasteiger partial charge in [0.2, 0.25) is 0 Å². The Balaban J connectivity index is 1.24. The third-order valence-corrected chi connectivity index (χ3v) is 11.4. The van der Waals surface area contributed by atoms with Crippen LogP contribution in [0.3, 0.4) is 0 Å². The Morgan fingerprint density at radius 3 is 1.26 bits per heavy atom. The molecule has 1 aliphatic carbocycles. The zero-order valence-corrected chi connectivity index (χ0v) is 31.3. The first kappa shape index (κ1) is 34.2. The van der Waals surface area contributed by atoms with Gasteiger partial charge >= 0.3 is 0 Å². The predicted molar refractivity (Wildman–Crippen MR) is 235 cm³/mol. The minimum absolute atomic E-state index is 0.242. The molecule has 0 radical (unpaired) electrons. The summed E-state index contributed by atoms with van der Waals surface area (Å²) < 4.78 is 14.2. The average molecular weight is 732 g/mol. The lowest BCUT2D eigenvalue weighted by Crippen LogP contribution is -2.28. The molecule has 10 rings (SSSR count). The molecule has 0 N–H and O–H groups in total. The van der Waals surface area contributed by atoms with E-state index in [9.17, 15) is 4.39 Å². The Bertz CT molecular complexity index is 2670. The second-order valence-corrected chi connectivity index (χ2v) is 14.6. The lowest BCUT2D eigenvalue weighted by atomic mass is 9.67. The van der Waals surface area contributed by atoms with E-state index in [1.807, 2.05) is 12.1 Å². The Labute approximate surface area is 333 Å². The van der Waals surface area contributed by atoms with Crippen LogP contribution in [0.25, 0.3) is 44.5 Å². The zero-order chi connectivity index (χ0) is 38.2. The number of anilines is 3. The number of benzene rings is 9. The highest BCUT2D eigenvalue weighted by atomic mass is 19.1. The Hall–Kier alpha value is -7.29. The topological polar surface area (TPSA) is 3.24 Å². The molecule has 0 bridgehead atoms. The van der Waals surface area contributed by atoms with Crippen LogP contribution in [0.2, 0.25) is 0 Å². The number of halogens is 1. The lowest BCUT2D eigenvalue weighted by Gasteiger charge is -2.34. The number of fused-ring (bicyclic) bond motifs is 3. The average Bonchev–Trinajstić information content (AvgIpc) is 3.59. The molecule has 0 spiro atoms. The molecule has 0 heterocycles. The highest BCUT2D eigenvalue weighted by molar-refractivity contribution is 5.98. The molecule has 2 heteroatoms. The van der Waals surface area contributed by atoms with Gasteiger partial charge in [-0.1, -0.05) is 182 Å². The molecule has 1 nitrogen and oxygen atoms in total. The van der Waals surface area contributed by atoms with Gasteiger partial charge in [0.1, 0.15) is 5.82 Å². The maximum Gasteiger partial charge on any atom is 0.123 e. The normalized spacial score (nSPS) is 12.4. The van der Waals surface area contributed by atoms with Crippen LogP contribution in [0.4, 0.5) is 21.5 Å². The summed E-state index contributed by atoms with van der Waals surface area (Å²) >= 11 is 0. The summed E-state index contributed by atoms with van der Waals surface area (Å²) in [6.07, 6.45) is 0. The quantitative estimate of drug-likeness (QED) is 0.150. The first-order valence-electron chi connectivity index (χ1n) is 19.4. The first-order chi connectivity index (χ1) is 28.2. The van der Waals surface area contributed by atoms with E-state index in [2.05, 4.69) is 211 Å². The molecule has 9 aromatic carbocycles. The van der Waals surface area contributed by atoms with Gasteiger partial charge in [-0.2, -0.15) is 0 Å². The number of hydrogen-bond acceptors (Lipinski definition) is 1. The molecule has 0 saturated heterocycles. The molecule has 57 heavy (non-hydrogen) atoms. The van der Waals surface area contributed by atoms with Crippen molar-refractivity contribution in [1.82, 2.24) is 0 Å². The van der Waals surface area contributed by atoms with Crippen molar-refractivity contribution in [1.29, 1.82) is 0 Å². The van der Waals surface area contributed by atoms with Crippen LogP contribution < -0.4 is 4.90 Å². The van der Waals surface area contributed by atoms with Crippen molar-refractivity contribution in [3.05, 3.63) is 259 Å².